The molecule has 27 heavy (non-hydrogen) atoms. The van der Waals surface area contributed by atoms with Gasteiger partial charge in [-0.3, -0.25) is 9.10 Å². The zero-order valence-electron chi connectivity index (χ0n) is 16.8. The number of anilines is 2. The molecule has 0 aliphatic carbocycles. The zero-order chi connectivity index (χ0) is 20.4. The third-order valence-electron chi connectivity index (χ3n) is 4.53. The molecule has 5 nitrogen and oxygen atoms in total. The first-order valence-corrected chi connectivity index (χ1v) is 10.8. The molecule has 1 amide bonds. The Balaban J connectivity index is 2.41. The van der Waals surface area contributed by atoms with Crippen molar-refractivity contribution in [2.24, 2.45) is 0 Å². The van der Waals surface area contributed by atoms with Crippen molar-refractivity contribution in [2.45, 2.75) is 46.6 Å². The first-order chi connectivity index (χ1) is 12.5. The van der Waals surface area contributed by atoms with Crippen molar-refractivity contribution >= 4 is 27.3 Å². The number of para-hydroxylation sites is 1. The van der Waals surface area contributed by atoms with E-state index in [1.165, 1.54) is 4.31 Å². The highest BCUT2D eigenvalue weighted by Crippen LogP contribution is 2.28. The van der Waals surface area contributed by atoms with Crippen LogP contribution in [-0.4, -0.2) is 26.6 Å². The molecular formula is C21H28N2O3S. The fourth-order valence-corrected chi connectivity index (χ4v) is 4.31. The normalized spacial score (nSPS) is 12.7. The Morgan fingerprint density at radius 1 is 1.04 bits per heavy atom. The number of amides is 1. The summed E-state index contributed by atoms with van der Waals surface area (Å²) in [5.74, 6) is -0.128. The average Bonchev–Trinajstić information content (AvgIpc) is 2.57. The molecule has 146 valence electrons. The SMILES string of the molecule is Cc1ccc(C)c(N([C@H](C)C(=O)Nc2ccccc2C(C)C)S(C)(=O)=O)c1. The molecule has 0 aromatic heterocycles. The van der Waals surface area contributed by atoms with Crippen LogP contribution in [0.1, 0.15) is 43.4 Å². The second kappa shape index (κ2) is 8.13. The van der Waals surface area contributed by atoms with E-state index >= 15 is 0 Å². The third-order valence-corrected chi connectivity index (χ3v) is 5.76. The maximum absolute atomic E-state index is 12.9. The van der Waals surface area contributed by atoms with Crippen LogP contribution in [0.25, 0.3) is 0 Å². The van der Waals surface area contributed by atoms with Gasteiger partial charge in [-0.2, -0.15) is 0 Å². The molecule has 2 aromatic carbocycles. The standard InChI is InChI=1S/C21H28N2O3S/c1-14(2)18-9-7-8-10-19(18)22-21(24)17(5)23(27(6,25)26)20-13-15(3)11-12-16(20)4/h7-14,17H,1-6H3,(H,22,24)/t17-/m1/s1. The number of hydrogen-bond donors (Lipinski definition) is 1. The Kier molecular flexibility index (Phi) is 6.31. The quantitative estimate of drug-likeness (QED) is 0.806. The predicted octanol–water partition coefficient (Wildman–Crippen LogP) is 4.22. The van der Waals surface area contributed by atoms with Gasteiger partial charge < -0.3 is 5.32 Å². The Bertz CT molecular complexity index is 936. The summed E-state index contributed by atoms with van der Waals surface area (Å²) in [4.78, 5) is 12.9. The van der Waals surface area contributed by atoms with Gasteiger partial charge in [0.1, 0.15) is 6.04 Å². The maximum atomic E-state index is 12.9. The molecule has 0 aliphatic heterocycles. The molecule has 0 aliphatic rings. The number of aryl methyl sites for hydroxylation is 2. The molecule has 1 atom stereocenters. The van der Waals surface area contributed by atoms with E-state index in [2.05, 4.69) is 5.32 Å². The van der Waals surface area contributed by atoms with Gasteiger partial charge >= 0.3 is 0 Å². The minimum absolute atomic E-state index is 0.238. The number of hydrogen-bond acceptors (Lipinski definition) is 3. The van der Waals surface area contributed by atoms with Crippen molar-refractivity contribution in [1.82, 2.24) is 0 Å². The molecule has 0 radical (unpaired) electrons. The summed E-state index contributed by atoms with van der Waals surface area (Å²) in [6, 6.07) is 12.3. The Hall–Kier alpha value is -2.34. The number of nitrogens with zero attached hydrogens (tertiary/aromatic N) is 1. The smallest absolute Gasteiger partial charge is 0.248 e. The van der Waals surface area contributed by atoms with E-state index < -0.39 is 16.1 Å². The summed E-state index contributed by atoms with van der Waals surface area (Å²) in [6.07, 6.45) is 1.13. The summed E-state index contributed by atoms with van der Waals surface area (Å²) >= 11 is 0. The first-order valence-electron chi connectivity index (χ1n) is 8.98. The Morgan fingerprint density at radius 3 is 2.26 bits per heavy atom. The molecule has 1 N–H and O–H groups in total. The van der Waals surface area contributed by atoms with Gasteiger partial charge in [0.2, 0.25) is 15.9 Å². The van der Waals surface area contributed by atoms with Crippen molar-refractivity contribution in [2.75, 3.05) is 15.9 Å². The summed E-state index contributed by atoms with van der Waals surface area (Å²) in [5, 5.41) is 2.90. The van der Waals surface area contributed by atoms with Crippen LogP contribution in [0.2, 0.25) is 0 Å². The van der Waals surface area contributed by atoms with Crippen LogP contribution in [0.4, 0.5) is 11.4 Å². The lowest BCUT2D eigenvalue weighted by Gasteiger charge is -2.30. The molecule has 6 heteroatoms. The van der Waals surface area contributed by atoms with E-state index in [0.717, 1.165) is 22.9 Å². The molecule has 0 saturated heterocycles. The first kappa shape index (κ1) is 21.0. The van der Waals surface area contributed by atoms with Gasteiger partial charge in [-0.1, -0.05) is 44.2 Å². The zero-order valence-corrected chi connectivity index (χ0v) is 17.6. The largest absolute Gasteiger partial charge is 0.324 e. The molecule has 0 heterocycles. The number of nitrogens with one attached hydrogen (secondary N) is 1. The Labute approximate surface area is 162 Å². The summed E-state index contributed by atoms with van der Waals surface area (Å²) < 4.78 is 26.2. The molecule has 0 bridgehead atoms. The van der Waals surface area contributed by atoms with Crippen molar-refractivity contribution in [1.29, 1.82) is 0 Å². The predicted molar refractivity (Wildman–Crippen MR) is 112 cm³/mol. The van der Waals surface area contributed by atoms with E-state index in [1.807, 2.05) is 64.1 Å². The minimum Gasteiger partial charge on any atom is -0.324 e. The fourth-order valence-electron chi connectivity index (χ4n) is 3.09. The molecular weight excluding hydrogens is 360 g/mol. The second-order valence-electron chi connectivity index (χ2n) is 7.26. The second-order valence-corrected chi connectivity index (χ2v) is 9.12. The van der Waals surface area contributed by atoms with Crippen LogP contribution >= 0.6 is 0 Å². The van der Waals surface area contributed by atoms with Gasteiger partial charge in [0, 0.05) is 5.69 Å². The van der Waals surface area contributed by atoms with E-state index in [-0.39, 0.29) is 11.8 Å². The topological polar surface area (TPSA) is 66.5 Å². The van der Waals surface area contributed by atoms with E-state index in [1.54, 1.807) is 13.0 Å². The van der Waals surface area contributed by atoms with Crippen molar-refractivity contribution in [3.63, 3.8) is 0 Å². The highest BCUT2D eigenvalue weighted by Gasteiger charge is 2.30. The van der Waals surface area contributed by atoms with Crippen molar-refractivity contribution in [3.8, 4) is 0 Å². The maximum Gasteiger partial charge on any atom is 0.248 e. The van der Waals surface area contributed by atoms with Crippen LogP contribution in [0.15, 0.2) is 42.5 Å². The molecule has 2 aromatic rings. The monoisotopic (exact) mass is 388 g/mol. The summed E-state index contributed by atoms with van der Waals surface area (Å²) in [7, 11) is -3.65. The highest BCUT2D eigenvalue weighted by atomic mass is 32.2. The number of benzene rings is 2. The number of rotatable bonds is 6. The van der Waals surface area contributed by atoms with E-state index in [9.17, 15) is 13.2 Å². The number of carbonyl (C=O) groups excluding carboxylic acids is 1. The average molecular weight is 389 g/mol. The molecule has 0 spiro atoms. The van der Waals surface area contributed by atoms with Gasteiger partial charge in [-0.15, -0.1) is 0 Å². The van der Waals surface area contributed by atoms with Gasteiger partial charge in [0.05, 0.1) is 11.9 Å². The van der Waals surface area contributed by atoms with Crippen molar-refractivity contribution < 1.29 is 13.2 Å². The van der Waals surface area contributed by atoms with Gasteiger partial charge in [0.15, 0.2) is 0 Å². The number of sulfonamides is 1. The third kappa shape index (κ3) is 4.89. The van der Waals surface area contributed by atoms with E-state index in [4.69, 9.17) is 0 Å². The van der Waals surface area contributed by atoms with Crippen LogP contribution < -0.4 is 9.62 Å². The van der Waals surface area contributed by atoms with Crippen LogP contribution in [0, 0.1) is 13.8 Å². The lowest BCUT2D eigenvalue weighted by Crippen LogP contribution is -2.45. The van der Waals surface area contributed by atoms with E-state index in [0.29, 0.717) is 11.4 Å². The highest BCUT2D eigenvalue weighted by molar-refractivity contribution is 7.92. The van der Waals surface area contributed by atoms with Gasteiger partial charge in [-0.25, -0.2) is 8.42 Å². The van der Waals surface area contributed by atoms with Crippen LogP contribution in [-0.2, 0) is 14.8 Å². The van der Waals surface area contributed by atoms with Gasteiger partial charge in [-0.05, 0) is 55.5 Å². The van der Waals surface area contributed by atoms with Crippen LogP contribution in [0.3, 0.4) is 0 Å². The van der Waals surface area contributed by atoms with Crippen LogP contribution in [0.5, 0.6) is 0 Å². The molecule has 0 fully saturated rings. The lowest BCUT2D eigenvalue weighted by molar-refractivity contribution is -0.116. The molecule has 0 unspecified atom stereocenters. The summed E-state index contributed by atoms with van der Waals surface area (Å²) in [5.41, 5.74) is 3.97. The minimum atomic E-state index is -3.65. The van der Waals surface area contributed by atoms with Crippen molar-refractivity contribution in [3.05, 3.63) is 59.2 Å². The Morgan fingerprint density at radius 2 is 1.67 bits per heavy atom. The lowest BCUT2D eigenvalue weighted by atomic mass is 10.0. The van der Waals surface area contributed by atoms with Gasteiger partial charge in [0.25, 0.3) is 0 Å². The fraction of sp³-hybridized carbons (Fsp3) is 0.381. The summed E-state index contributed by atoms with van der Waals surface area (Å²) in [6.45, 7) is 9.44. The molecule has 2 rings (SSSR count). The number of carbonyl (C=O) groups is 1. The molecule has 0 saturated carbocycles.